The summed E-state index contributed by atoms with van der Waals surface area (Å²) in [5.41, 5.74) is 0.570. The van der Waals surface area contributed by atoms with Crippen LogP contribution in [0.4, 0.5) is 0 Å². The molecule has 0 aromatic carbocycles. The highest BCUT2D eigenvalue weighted by molar-refractivity contribution is 5.17. The summed E-state index contributed by atoms with van der Waals surface area (Å²) in [6.07, 6.45) is 11.9. The first-order valence-electron chi connectivity index (χ1n) is 9.36. The zero-order valence-electron chi connectivity index (χ0n) is 13.7. The van der Waals surface area contributed by atoms with E-state index in [0.717, 1.165) is 41.7 Å². The maximum Gasteiger partial charge on any atom is 0.0138 e. The molecule has 2 bridgehead atoms. The van der Waals surface area contributed by atoms with E-state index in [1.165, 1.54) is 32.1 Å². The number of rotatable bonds is 4. The number of hydrogen-bond acceptors (Lipinski definition) is 1. The lowest BCUT2D eigenvalue weighted by atomic mass is 9.69. The molecule has 4 unspecified atom stereocenters. The van der Waals surface area contributed by atoms with Crippen molar-refractivity contribution in [2.24, 2.45) is 35.0 Å². The molecule has 4 aliphatic rings. The second kappa shape index (κ2) is 4.73. The van der Waals surface area contributed by atoms with Crippen molar-refractivity contribution in [1.29, 1.82) is 0 Å². The topological polar surface area (TPSA) is 12.0 Å². The van der Waals surface area contributed by atoms with Gasteiger partial charge in [0.2, 0.25) is 0 Å². The largest absolute Gasteiger partial charge is 0.311 e. The molecule has 4 rings (SSSR count). The Bertz CT molecular complexity index is 350. The van der Waals surface area contributed by atoms with Gasteiger partial charge < -0.3 is 5.32 Å². The van der Waals surface area contributed by atoms with Crippen molar-refractivity contribution in [1.82, 2.24) is 5.32 Å². The highest BCUT2D eigenvalue weighted by Gasteiger charge is 2.65. The van der Waals surface area contributed by atoms with E-state index in [2.05, 4.69) is 26.1 Å². The van der Waals surface area contributed by atoms with Crippen molar-refractivity contribution < 1.29 is 0 Å². The molecule has 4 atom stereocenters. The van der Waals surface area contributed by atoms with E-state index in [-0.39, 0.29) is 0 Å². The molecule has 20 heavy (non-hydrogen) atoms. The molecule has 4 saturated carbocycles. The highest BCUT2D eigenvalue weighted by Crippen LogP contribution is 2.65. The Kier molecular flexibility index (Phi) is 3.22. The molecular formula is C19H33N. The SMILES string of the molecule is CCC(C)(C)C1CCC(NC2C3C4CCC(C4)C23)CC1. The number of hydrogen-bond donors (Lipinski definition) is 1. The van der Waals surface area contributed by atoms with E-state index in [0.29, 0.717) is 5.41 Å². The fourth-order valence-corrected chi connectivity index (χ4v) is 6.15. The lowest BCUT2D eigenvalue weighted by Crippen LogP contribution is -2.39. The zero-order valence-corrected chi connectivity index (χ0v) is 13.7. The predicted octanol–water partition coefficient (Wildman–Crippen LogP) is 4.62. The Morgan fingerprint density at radius 1 is 0.900 bits per heavy atom. The van der Waals surface area contributed by atoms with Gasteiger partial charge >= 0.3 is 0 Å². The van der Waals surface area contributed by atoms with Gasteiger partial charge in [-0.1, -0.05) is 27.2 Å². The Labute approximate surface area is 125 Å². The fraction of sp³-hybridized carbons (Fsp3) is 1.00. The first kappa shape index (κ1) is 13.6. The van der Waals surface area contributed by atoms with Crippen molar-refractivity contribution in [3.05, 3.63) is 0 Å². The van der Waals surface area contributed by atoms with Crippen molar-refractivity contribution >= 4 is 0 Å². The molecule has 4 fully saturated rings. The van der Waals surface area contributed by atoms with Crippen LogP contribution in [0.25, 0.3) is 0 Å². The molecule has 1 N–H and O–H groups in total. The van der Waals surface area contributed by atoms with E-state index in [1.807, 2.05) is 0 Å². The predicted molar refractivity (Wildman–Crippen MR) is 84.6 cm³/mol. The first-order valence-corrected chi connectivity index (χ1v) is 9.36. The summed E-state index contributed by atoms with van der Waals surface area (Å²) in [7, 11) is 0. The van der Waals surface area contributed by atoms with E-state index in [4.69, 9.17) is 0 Å². The van der Waals surface area contributed by atoms with Crippen molar-refractivity contribution in [3.8, 4) is 0 Å². The monoisotopic (exact) mass is 275 g/mol. The summed E-state index contributed by atoms with van der Waals surface area (Å²) >= 11 is 0. The van der Waals surface area contributed by atoms with Crippen LogP contribution in [0.3, 0.4) is 0 Å². The molecule has 4 aliphatic carbocycles. The molecule has 114 valence electrons. The summed E-state index contributed by atoms with van der Waals surface area (Å²) in [6, 6.07) is 1.80. The average molecular weight is 275 g/mol. The molecule has 0 aliphatic heterocycles. The number of nitrogens with one attached hydrogen (secondary N) is 1. The van der Waals surface area contributed by atoms with Crippen LogP contribution in [0.15, 0.2) is 0 Å². The van der Waals surface area contributed by atoms with Gasteiger partial charge in [0.15, 0.2) is 0 Å². The van der Waals surface area contributed by atoms with E-state index in [9.17, 15) is 0 Å². The normalized spacial score (nSPS) is 50.2. The third kappa shape index (κ3) is 2.07. The van der Waals surface area contributed by atoms with E-state index < -0.39 is 0 Å². The maximum absolute atomic E-state index is 4.09. The van der Waals surface area contributed by atoms with Gasteiger partial charge in [0, 0.05) is 12.1 Å². The Hall–Kier alpha value is -0.0400. The van der Waals surface area contributed by atoms with Gasteiger partial charge in [0.25, 0.3) is 0 Å². The van der Waals surface area contributed by atoms with Crippen LogP contribution in [-0.4, -0.2) is 12.1 Å². The summed E-state index contributed by atoms with van der Waals surface area (Å²) in [4.78, 5) is 0. The van der Waals surface area contributed by atoms with Gasteiger partial charge in [-0.15, -0.1) is 0 Å². The lowest BCUT2D eigenvalue weighted by molar-refractivity contribution is 0.135. The molecule has 0 saturated heterocycles. The highest BCUT2D eigenvalue weighted by atomic mass is 15.0. The van der Waals surface area contributed by atoms with Gasteiger partial charge in [-0.25, -0.2) is 0 Å². The second-order valence-corrected chi connectivity index (χ2v) is 9.07. The first-order chi connectivity index (χ1) is 9.60. The summed E-state index contributed by atoms with van der Waals surface area (Å²) in [5.74, 6) is 5.44. The smallest absolute Gasteiger partial charge is 0.0138 e. The molecule has 0 radical (unpaired) electrons. The minimum atomic E-state index is 0.570. The van der Waals surface area contributed by atoms with Crippen LogP contribution in [0.2, 0.25) is 0 Å². The fourth-order valence-electron chi connectivity index (χ4n) is 6.15. The van der Waals surface area contributed by atoms with Gasteiger partial charge in [-0.2, -0.15) is 0 Å². The minimum Gasteiger partial charge on any atom is -0.311 e. The molecule has 0 aromatic heterocycles. The van der Waals surface area contributed by atoms with Crippen LogP contribution in [-0.2, 0) is 0 Å². The van der Waals surface area contributed by atoms with Crippen LogP contribution in [0, 0.1) is 35.0 Å². The molecule has 0 aromatic rings. The molecule has 0 spiro atoms. The van der Waals surface area contributed by atoms with Gasteiger partial charge in [-0.3, -0.25) is 0 Å². The van der Waals surface area contributed by atoms with Gasteiger partial charge in [-0.05, 0) is 80.0 Å². The Morgan fingerprint density at radius 2 is 1.50 bits per heavy atom. The maximum atomic E-state index is 4.09. The standard InChI is InChI=1S/C19H33N/c1-4-19(2,3)14-7-9-15(10-8-14)20-18-16-12-5-6-13(11-12)17(16)18/h12-18,20H,4-11H2,1-3H3. The molecule has 1 nitrogen and oxygen atoms in total. The van der Waals surface area contributed by atoms with Crippen molar-refractivity contribution in [2.45, 2.75) is 84.2 Å². The molecular weight excluding hydrogens is 242 g/mol. The lowest BCUT2D eigenvalue weighted by Gasteiger charge is -2.39. The number of fused-ring (bicyclic) bond motifs is 5. The zero-order chi connectivity index (χ0) is 13.9. The van der Waals surface area contributed by atoms with Crippen LogP contribution < -0.4 is 5.32 Å². The Morgan fingerprint density at radius 3 is 2.05 bits per heavy atom. The summed E-state index contributed by atoms with van der Waals surface area (Å²) < 4.78 is 0. The third-order valence-electron chi connectivity index (χ3n) is 7.91. The summed E-state index contributed by atoms with van der Waals surface area (Å²) in [5, 5.41) is 4.09. The average Bonchev–Trinajstić information content (AvgIpc) is 2.85. The Balaban J connectivity index is 1.27. The van der Waals surface area contributed by atoms with Crippen LogP contribution >= 0.6 is 0 Å². The molecule has 1 heteroatoms. The van der Waals surface area contributed by atoms with Crippen molar-refractivity contribution in [2.75, 3.05) is 0 Å². The van der Waals surface area contributed by atoms with E-state index >= 15 is 0 Å². The van der Waals surface area contributed by atoms with E-state index in [1.54, 1.807) is 19.3 Å². The minimum absolute atomic E-state index is 0.570. The van der Waals surface area contributed by atoms with Gasteiger partial charge in [0.1, 0.15) is 0 Å². The quantitative estimate of drug-likeness (QED) is 0.789. The van der Waals surface area contributed by atoms with Crippen molar-refractivity contribution in [3.63, 3.8) is 0 Å². The van der Waals surface area contributed by atoms with Gasteiger partial charge in [0.05, 0.1) is 0 Å². The molecule has 0 heterocycles. The summed E-state index contributed by atoms with van der Waals surface area (Å²) in [6.45, 7) is 7.33. The third-order valence-corrected chi connectivity index (χ3v) is 7.91. The van der Waals surface area contributed by atoms with Crippen LogP contribution in [0.1, 0.15) is 72.1 Å². The second-order valence-electron chi connectivity index (χ2n) is 9.07. The molecule has 0 amide bonds. The van der Waals surface area contributed by atoms with Crippen LogP contribution in [0.5, 0.6) is 0 Å².